The number of pyridine rings is 1. The topological polar surface area (TPSA) is 53.4 Å². The van der Waals surface area contributed by atoms with Gasteiger partial charge in [0.1, 0.15) is 0 Å². The minimum Gasteiger partial charge on any atom is -0.478 e. The monoisotopic (exact) mass is 226 g/mol. The third-order valence-electron chi connectivity index (χ3n) is 1.81. The first-order valence-corrected chi connectivity index (χ1v) is 5.54. The van der Waals surface area contributed by atoms with Gasteiger partial charge < -0.3 is 10.0 Å². The molecular formula is C10H14N2O2S. The highest BCUT2D eigenvalue weighted by atomic mass is 32.2. The highest BCUT2D eigenvalue weighted by molar-refractivity contribution is 7.99. The lowest BCUT2D eigenvalue weighted by molar-refractivity contribution is 0.0693. The van der Waals surface area contributed by atoms with E-state index in [1.165, 1.54) is 24.0 Å². The standard InChI is InChI=1S/C10H14N2O2S/c1-12(2)5-6-15-9-7-11-4-3-8(9)10(13)14/h3-4,7H,5-6H2,1-2H3,(H,13,14). The van der Waals surface area contributed by atoms with Crippen LogP contribution < -0.4 is 0 Å². The predicted octanol–water partition coefficient (Wildman–Crippen LogP) is 1.43. The Bertz CT molecular complexity index is 342. The molecule has 1 rings (SSSR count). The highest BCUT2D eigenvalue weighted by Crippen LogP contribution is 2.21. The smallest absolute Gasteiger partial charge is 0.336 e. The van der Waals surface area contributed by atoms with Crippen LogP contribution in [0.3, 0.4) is 0 Å². The van der Waals surface area contributed by atoms with E-state index in [1.54, 1.807) is 6.20 Å². The molecule has 4 nitrogen and oxygen atoms in total. The van der Waals surface area contributed by atoms with Crippen molar-refractivity contribution in [1.82, 2.24) is 9.88 Å². The number of hydrogen-bond acceptors (Lipinski definition) is 4. The Morgan fingerprint density at radius 3 is 2.93 bits per heavy atom. The summed E-state index contributed by atoms with van der Waals surface area (Å²) >= 11 is 1.52. The van der Waals surface area contributed by atoms with E-state index in [9.17, 15) is 4.79 Å². The number of aromatic carboxylic acids is 1. The zero-order chi connectivity index (χ0) is 11.3. The average molecular weight is 226 g/mol. The summed E-state index contributed by atoms with van der Waals surface area (Å²) in [5, 5.41) is 8.92. The first kappa shape index (κ1) is 12.0. The molecule has 0 aliphatic carbocycles. The normalized spacial score (nSPS) is 10.6. The number of nitrogens with zero attached hydrogens (tertiary/aromatic N) is 2. The Kier molecular flexibility index (Phi) is 4.58. The van der Waals surface area contributed by atoms with Gasteiger partial charge in [0.15, 0.2) is 0 Å². The molecule has 0 unspecified atom stereocenters. The van der Waals surface area contributed by atoms with E-state index in [2.05, 4.69) is 9.88 Å². The SMILES string of the molecule is CN(C)CCSc1cnccc1C(=O)O. The second-order valence-corrected chi connectivity index (χ2v) is 4.47. The van der Waals surface area contributed by atoms with E-state index in [4.69, 9.17) is 5.11 Å². The summed E-state index contributed by atoms with van der Waals surface area (Å²) in [6.07, 6.45) is 3.10. The van der Waals surface area contributed by atoms with Gasteiger partial charge in [0.25, 0.3) is 0 Å². The molecule has 0 bridgehead atoms. The molecule has 0 spiro atoms. The molecule has 1 aromatic heterocycles. The van der Waals surface area contributed by atoms with Gasteiger partial charge >= 0.3 is 5.97 Å². The zero-order valence-electron chi connectivity index (χ0n) is 8.80. The van der Waals surface area contributed by atoms with Crippen LogP contribution in [0, 0.1) is 0 Å². The predicted molar refractivity (Wildman–Crippen MR) is 60.5 cm³/mol. The van der Waals surface area contributed by atoms with E-state index < -0.39 is 5.97 Å². The van der Waals surface area contributed by atoms with Gasteiger partial charge in [-0.05, 0) is 20.2 Å². The van der Waals surface area contributed by atoms with Crippen LogP contribution in [0.2, 0.25) is 0 Å². The summed E-state index contributed by atoms with van der Waals surface area (Å²) in [5.74, 6) is -0.0383. The lowest BCUT2D eigenvalue weighted by Gasteiger charge is -2.09. The van der Waals surface area contributed by atoms with Crippen molar-refractivity contribution in [3.63, 3.8) is 0 Å². The summed E-state index contributed by atoms with van der Waals surface area (Å²) in [6.45, 7) is 0.915. The molecule has 0 atom stereocenters. The Morgan fingerprint density at radius 1 is 1.60 bits per heavy atom. The van der Waals surface area contributed by atoms with Gasteiger partial charge in [-0.15, -0.1) is 11.8 Å². The lowest BCUT2D eigenvalue weighted by atomic mass is 10.3. The summed E-state index contributed by atoms with van der Waals surface area (Å²) in [6, 6.07) is 1.53. The van der Waals surface area contributed by atoms with Crippen LogP contribution in [0.1, 0.15) is 10.4 Å². The van der Waals surface area contributed by atoms with Gasteiger partial charge in [0.2, 0.25) is 0 Å². The molecule has 0 amide bonds. The van der Waals surface area contributed by atoms with Crippen LogP contribution in [-0.4, -0.2) is 47.4 Å². The molecule has 0 saturated carbocycles. The average Bonchev–Trinajstić information content (AvgIpc) is 2.17. The van der Waals surface area contributed by atoms with Gasteiger partial charge in [-0.3, -0.25) is 4.98 Å². The van der Waals surface area contributed by atoms with Crippen molar-refractivity contribution in [2.24, 2.45) is 0 Å². The van der Waals surface area contributed by atoms with E-state index in [0.717, 1.165) is 17.2 Å². The molecule has 5 heteroatoms. The first-order valence-electron chi connectivity index (χ1n) is 4.56. The number of hydrogen-bond donors (Lipinski definition) is 1. The molecule has 82 valence electrons. The van der Waals surface area contributed by atoms with Gasteiger partial charge in [-0.1, -0.05) is 0 Å². The molecule has 0 radical (unpaired) electrons. The number of carboxylic acid groups (broad SMARTS) is 1. The van der Waals surface area contributed by atoms with E-state index in [0.29, 0.717) is 5.56 Å². The van der Waals surface area contributed by atoms with Crippen molar-refractivity contribution in [2.45, 2.75) is 4.90 Å². The number of carboxylic acids is 1. The second kappa shape index (κ2) is 5.72. The quantitative estimate of drug-likeness (QED) is 0.770. The number of aromatic nitrogens is 1. The Balaban J connectivity index is 2.63. The van der Waals surface area contributed by atoms with Crippen molar-refractivity contribution >= 4 is 17.7 Å². The van der Waals surface area contributed by atoms with Crippen molar-refractivity contribution in [3.8, 4) is 0 Å². The van der Waals surface area contributed by atoms with Crippen LogP contribution in [0.25, 0.3) is 0 Å². The fraction of sp³-hybridized carbons (Fsp3) is 0.400. The Hall–Kier alpha value is -1.07. The molecule has 0 fully saturated rings. The molecule has 0 saturated heterocycles. The van der Waals surface area contributed by atoms with E-state index in [-0.39, 0.29) is 0 Å². The lowest BCUT2D eigenvalue weighted by Crippen LogP contribution is -2.15. The molecule has 1 N–H and O–H groups in total. The van der Waals surface area contributed by atoms with Gasteiger partial charge in [-0.25, -0.2) is 4.79 Å². The molecular weight excluding hydrogens is 212 g/mol. The van der Waals surface area contributed by atoms with Crippen LogP contribution in [0.5, 0.6) is 0 Å². The van der Waals surface area contributed by atoms with Crippen molar-refractivity contribution < 1.29 is 9.90 Å². The van der Waals surface area contributed by atoms with E-state index in [1.807, 2.05) is 14.1 Å². The number of rotatable bonds is 5. The maximum absolute atomic E-state index is 10.9. The summed E-state index contributed by atoms with van der Waals surface area (Å²) in [7, 11) is 3.98. The molecule has 1 heterocycles. The fourth-order valence-corrected chi connectivity index (χ4v) is 2.13. The van der Waals surface area contributed by atoms with Gasteiger partial charge in [0, 0.05) is 29.6 Å². The zero-order valence-corrected chi connectivity index (χ0v) is 9.62. The van der Waals surface area contributed by atoms with Crippen LogP contribution >= 0.6 is 11.8 Å². The van der Waals surface area contributed by atoms with Crippen molar-refractivity contribution in [2.75, 3.05) is 26.4 Å². The molecule has 0 aliphatic rings. The molecule has 0 aliphatic heterocycles. The third-order valence-corrected chi connectivity index (χ3v) is 2.83. The minimum absolute atomic E-state index is 0.328. The molecule has 15 heavy (non-hydrogen) atoms. The summed E-state index contributed by atoms with van der Waals surface area (Å²) < 4.78 is 0. The van der Waals surface area contributed by atoms with Gasteiger partial charge in [-0.2, -0.15) is 0 Å². The largest absolute Gasteiger partial charge is 0.478 e. The van der Waals surface area contributed by atoms with Gasteiger partial charge in [0.05, 0.1) is 5.56 Å². The van der Waals surface area contributed by atoms with Crippen LogP contribution in [-0.2, 0) is 0 Å². The number of thioether (sulfide) groups is 1. The fourth-order valence-electron chi connectivity index (χ4n) is 1.01. The maximum atomic E-state index is 10.9. The number of carbonyl (C=O) groups is 1. The van der Waals surface area contributed by atoms with Crippen molar-refractivity contribution in [1.29, 1.82) is 0 Å². The van der Waals surface area contributed by atoms with Crippen molar-refractivity contribution in [3.05, 3.63) is 24.0 Å². The highest BCUT2D eigenvalue weighted by Gasteiger charge is 2.09. The summed E-state index contributed by atoms with van der Waals surface area (Å²) in [4.78, 5) is 17.6. The minimum atomic E-state index is -0.898. The second-order valence-electron chi connectivity index (χ2n) is 3.33. The molecule has 1 aromatic rings. The van der Waals surface area contributed by atoms with Crippen LogP contribution in [0.15, 0.2) is 23.4 Å². The maximum Gasteiger partial charge on any atom is 0.336 e. The Labute approximate surface area is 93.3 Å². The van der Waals surface area contributed by atoms with E-state index >= 15 is 0 Å². The third kappa shape index (κ3) is 3.89. The van der Waals surface area contributed by atoms with Crippen LogP contribution in [0.4, 0.5) is 0 Å². The Morgan fingerprint density at radius 2 is 2.33 bits per heavy atom. The summed E-state index contributed by atoms with van der Waals surface area (Å²) in [5.41, 5.74) is 0.328. The first-order chi connectivity index (χ1) is 7.11. The molecule has 0 aromatic carbocycles.